The second kappa shape index (κ2) is 9.46. The van der Waals surface area contributed by atoms with Gasteiger partial charge in [-0.15, -0.1) is 0 Å². The number of anilines is 3. The Morgan fingerprint density at radius 3 is 2.55 bits per heavy atom. The summed E-state index contributed by atoms with van der Waals surface area (Å²) in [6.45, 7) is 0. The van der Waals surface area contributed by atoms with E-state index in [2.05, 4.69) is 25.6 Å². The number of rotatable bonds is 6. The molecule has 0 spiro atoms. The number of nitrogens with one attached hydrogen (secondary N) is 2. The monoisotopic (exact) mass is 522 g/mol. The first kappa shape index (κ1) is 22.7. The van der Waals surface area contributed by atoms with Gasteiger partial charge >= 0.3 is 0 Å². The van der Waals surface area contributed by atoms with Gasteiger partial charge in [0.15, 0.2) is 5.13 Å². The lowest BCUT2D eigenvalue weighted by Gasteiger charge is -2.13. The average molecular weight is 523 g/mol. The van der Waals surface area contributed by atoms with Crippen LogP contribution in [0, 0.1) is 5.82 Å². The number of para-hydroxylation sites is 1. The maximum Gasteiger partial charge on any atom is 0.229 e. The summed E-state index contributed by atoms with van der Waals surface area (Å²) in [6.07, 6.45) is 8.16. The van der Waals surface area contributed by atoms with Gasteiger partial charge in [-0.25, -0.2) is 24.3 Å². The number of halogens is 1. The third-order valence-corrected chi connectivity index (χ3v) is 7.73. The van der Waals surface area contributed by atoms with Crippen molar-refractivity contribution in [1.82, 2.24) is 29.5 Å². The van der Waals surface area contributed by atoms with Crippen molar-refractivity contribution in [2.24, 2.45) is 0 Å². The Morgan fingerprint density at radius 2 is 1.71 bits per heavy atom. The first-order valence-electron chi connectivity index (χ1n) is 12.6. The normalized spacial score (nSPS) is 13.9. The average Bonchev–Trinajstić information content (AvgIpc) is 3.68. The van der Waals surface area contributed by atoms with Crippen molar-refractivity contribution in [3.63, 3.8) is 0 Å². The molecule has 38 heavy (non-hydrogen) atoms. The summed E-state index contributed by atoms with van der Waals surface area (Å²) in [4.78, 5) is 18.5. The molecule has 0 unspecified atom stereocenters. The first-order chi connectivity index (χ1) is 18.7. The molecule has 7 rings (SSSR count). The molecule has 1 saturated carbocycles. The lowest BCUT2D eigenvalue weighted by molar-refractivity contribution is 0.628. The molecule has 1 aliphatic carbocycles. The number of nitrogens with zero attached hydrogens (tertiary/aromatic N) is 6. The molecule has 0 bridgehead atoms. The van der Waals surface area contributed by atoms with E-state index in [1.165, 1.54) is 25.0 Å². The van der Waals surface area contributed by atoms with Crippen molar-refractivity contribution < 1.29 is 4.39 Å². The van der Waals surface area contributed by atoms with E-state index in [0.29, 0.717) is 34.5 Å². The zero-order valence-electron chi connectivity index (χ0n) is 20.3. The second-order valence-corrected chi connectivity index (χ2v) is 10.3. The summed E-state index contributed by atoms with van der Waals surface area (Å²) in [5, 5.41) is 12.5. The predicted octanol–water partition coefficient (Wildman–Crippen LogP) is 6.70. The lowest BCUT2D eigenvalue weighted by Crippen LogP contribution is -2.18. The fourth-order valence-electron chi connectivity index (χ4n) is 4.97. The smallest absolute Gasteiger partial charge is 0.229 e. The second-order valence-electron chi connectivity index (χ2n) is 9.30. The molecule has 0 saturated heterocycles. The third kappa shape index (κ3) is 4.22. The summed E-state index contributed by atoms with van der Waals surface area (Å²) in [7, 11) is 0. The minimum atomic E-state index is -0.298. The van der Waals surface area contributed by atoms with Gasteiger partial charge in [0.05, 0.1) is 27.0 Å². The Balaban J connectivity index is 1.34. The fraction of sp³-hybridized carbons (Fsp3) is 0.179. The summed E-state index contributed by atoms with van der Waals surface area (Å²) < 4.78 is 16.7. The molecule has 188 valence electrons. The standard InChI is InChI=1S/C28H23FN8S/c29-18-11-9-17(10-12-18)25-24(22-14-16-31-27(37(22)36-25)32-19-5-1-2-6-19)21-13-15-30-26(33-21)35-28-34-20-7-3-4-8-23(20)38-28/h3-4,7-16,19H,1-2,5-6H2,(H,31,32)(H,30,33,34,35). The highest BCUT2D eigenvalue weighted by Gasteiger charge is 2.22. The first-order valence-corrected chi connectivity index (χ1v) is 13.4. The number of fused-ring (bicyclic) bond motifs is 2. The SMILES string of the molecule is Fc1ccc(-c2nn3c(NC4CCCC4)nccc3c2-c2ccnc(Nc3nc4ccccc4s3)n2)cc1. The Bertz CT molecular complexity index is 1720. The molecule has 6 aromatic rings. The third-order valence-electron chi connectivity index (χ3n) is 6.78. The van der Waals surface area contributed by atoms with E-state index in [-0.39, 0.29) is 5.82 Å². The van der Waals surface area contributed by atoms with Gasteiger partial charge < -0.3 is 5.32 Å². The molecule has 4 aromatic heterocycles. The molecule has 0 amide bonds. The van der Waals surface area contributed by atoms with Gasteiger partial charge in [-0.1, -0.05) is 36.3 Å². The van der Waals surface area contributed by atoms with E-state index >= 15 is 0 Å². The maximum atomic E-state index is 13.8. The van der Waals surface area contributed by atoms with E-state index < -0.39 is 0 Å². The van der Waals surface area contributed by atoms with Crippen LogP contribution >= 0.6 is 11.3 Å². The van der Waals surface area contributed by atoms with Crippen LogP contribution in [0.1, 0.15) is 25.7 Å². The number of aromatic nitrogens is 6. The molecular formula is C28H23FN8S. The molecule has 2 aromatic carbocycles. The molecule has 1 aliphatic rings. The van der Waals surface area contributed by atoms with Gasteiger partial charge in [-0.2, -0.15) is 9.61 Å². The van der Waals surface area contributed by atoms with Crippen molar-refractivity contribution >= 4 is 44.1 Å². The van der Waals surface area contributed by atoms with E-state index in [4.69, 9.17) is 10.1 Å². The molecule has 4 heterocycles. The minimum Gasteiger partial charge on any atom is -0.351 e. The van der Waals surface area contributed by atoms with Crippen LogP contribution < -0.4 is 10.6 Å². The van der Waals surface area contributed by atoms with Crippen LogP contribution in [0.3, 0.4) is 0 Å². The summed E-state index contributed by atoms with van der Waals surface area (Å²) in [6, 6.07) is 18.5. The van der Waals surface area contributed by atoms with Crippen molar-refractivity contribution in [3.8, 4) is 22.5 Å². The van der Waals surface area contributed by atoms with E-state index in [0.717, 1.165) is 39.7 Å². The molecule has 0 atom stereocenters. The molecule has 8 nitrogen and oxygen atoms in total. The van der Waals surface area contributed by atoms with E-state index in [1.807, 2.05) is 40.9 Å². The van der Waals surface area contributed by atoms with Crippen LogP contribution in [0.5, 0.6) is 0 Å². The molecule has 2 N–H and O–H groups in total. The largest absolute Gasteiger partial charge is 0.351 e. The molecule has 0 radical (unpaired) electrons. The van der Waals surface area contributed by atoms with Crippen LogP contribution in [-0.4, -0.2) is 35.6 Å². The Morgan fingerprint density at radius 1 is 0.895 bits per heavy atom. The van der Waals surface area contributed by atoms with Crippen molar-refractivity contribution in [2.45, 2.75) is 31.7 Å². The van der Waals surface area contributed by atoms with Crippen molar-refractivity contribution in [3.05, 3.63) is 78.9 Å². The van der Waals surface area contributed by atoms with Gasteiger partial charge in [-0.3, -0.25) is 5.32 Å². The quantitative estimate of drug-likeness (QED) is 0.251. The predicted molar refractivity (Wildman–Crippen MR) is 148 cm³/mol. The van der Waals surface area contributed by atoms with Crippen LogP contribution in [0.4, 0.5) is 21.4 Å². The number of hydrogen-bond acceptors (Lipinski definition) is 8. The molecule has 1 fully saturated rings. The van der Waals surface area contributed by atoms with Crippen LogP contribution in [0.25, 0.3) is 38.2 Å². The van der Waals surface area contributed by atoms with Gasteiger partial charge in [0.1, 0.15) is 11.5 Å². The Labute approximate surface area is 221 Å². The fourth-order valence-corrected chi connectivity index (χ4v) is 5.83. The summed E-state index contributed by atoms with van der Waals surface area (Å²) in [5.74, 6) is 0.823. The highest BCUT2D eigenvalue weighted by Crippen LogP contribution is 2.36. The van der Waals surface area contributed by atoms with E-state index in [9.17, 15) is 4.39 Å². The van der Waals surface area contributed by atoms with Crippen molar-refractivity contribution in [1.29, 1.82) is 0 Å². The lowest BCUT2D eigenvalue weighted by atomic mass is 10.0. The zero-order valence-corrected chi connectivity index (χ0v) is 21.1. The number of hydrogen-bond donors (Lipinski definition) is 2. The Kier molecular flexibility index (Phi) is 5.66. The van der Waals surface area contributed by atoms with Crippen LogP contribution in [-0.2, 0) is 0 Å². The van der Waals surface area contributed by atoms with E-state index in [1.54, 1.807) is 35.9 Å². The van der Waals surface area contributed by atoms with Gasteiger partial charge in [0.25, 0.3) is 0 Å². The van der Waals surface area contributed by atoms with Crippen LogP contribution in [0.15, 0.2) is 73.1 Å². The molecular weight excluding hydrogens is 499 g/mol. The van der Waals surface area contributed by atoms with Gasteiger partial charge in [0, 0.05) is 24.0 Å². The number of benzene rings is 2. The number of thiazole rings is 1. The minimum absolute atomic E-state index is 0.298. The topological polar surface area (TPSA) is 92.9 Å². The zero-order chi connectivity index (χ0) is 25.5. The summed E-state index contributed by atoms with van der Waals surface area (Å²) >= 11 is 1.55. The van der Waals surface area contributed by atoms with Gasteiger partial charge in [-0.05, 0) is 61.4 Å². The maximum absolute atomic E-state index is 13.8. The highest BCUT2D eigenvalue weighted by molar-refractivity contribution is 7.22. The molecule has 10 heteroatoms. The van der Waals surface area contributed by atoms with Crippen LogP contribution in [0.2, 0.25) is 0 Å². The highest BCUT2D eigenvalue weighted by atomic mass is 32.1. The van der Waals surface area contributed by atoms with Gasteiger partial charge in [0.2, 0.25) is 11.9 Å². The molecule has 0 aliphatic heterocycles. The van der Waals surface area contributed by atoms with Crippen molar-refractivity contribution in [2.75, 3.05) is 10.6 Å². The summed E-state index contributed by atoms with van der Waals surface area (Å²) in [5.41, 5.74) is 4.77. The Hall–Kier alpha value is -4.44.